The van der Waals surface area contributed by atoms with Gasteiger partial charge >= 0.3 is 0 Å². The first-order chi connectivity index (χ1) is 10.2. The normalized spacial score (nSPS) is 17.9. The molecule has 3 rings (SSSR count). The van der Waals surface area contributed by atoms with Crippen molar-refractivity contribution in [2.45, 2.75) is 18.8 Å². The van der Waals surface area contributed by atoms with Gasteiger partial charge in [0.1, 0.15) is 5.82 Å². The number of piperidine rings is 1. The van der Waals surface area contributed by atoms with Crippen LogP contribution in [0.3, 0.4) is 0 Å². The number of halogens is 2. The van der Waals surface area contributed by atoms with Crippen LogP contribution in [0.5, 0.6) is 0 Å². The average molecular weight is 342 g/mol. The quantitative estimate of drug-likeness (QED) is 0.814. The van der Waals surface area contributed by atoms with Crippen LogP contribution in [0.15, 0.2) is 24.4 Å². The average Bonchev–Trinajstić information content (AvgIpc) is 2.96. The highest BCUT2D eigenvalue weighted by Gasteiger charge is 2.22. The highest BCUT2D eigenvalue weighted by molar-refractivity contribution is 7.34. The van der Waals surface area contributed by atoms with Crippen molar-refractivity contribution < 1.29 is 0 Å². The molecule has 6 heteroatoms. The van der Waals surface area contributed by atoms with Gasteiger partial charge in [0.2, 0.25) is 0 Å². The molecule has 112 valence electrons. The Morgan fingerprint density at radius 2 is 1.86 bits per heavy atom. The molecule has 1 aliphatic rings. The number of hydrogen-bond acceptors (Lipinski definition) is 2. The van der Waals surface area contributed by atoms with E-state index in [1.807, 2.05) is 18.3 Å². The molecule has 1 aromatic heterocycles. The summed E-state index contributed by atoms with van der Waals surface area (Å²) in [6.45, 7) is 4.57. The molecule has 1 atom stereocenters. The third-order valence-corrected chi connectivity index (χ3v) is 5.48. The van der Waals surface area contributed by atoms with Gasteiger partial charge in [-0.05, 0) is 37.7 Å². The lowest BCUT2D eigenvalue weighted by molar-refractivity contribution is 0.335. The lowest BCUT2D eigenvalue weighted by Crippen LogP contribution is -2.26. The Hall–Kier alpha value is -0.600. The van der Waals surface area contributed by atoms with E-state index in [1.54, 1.807) is 6.07 Å². The van der Waals surface area contributed by atoms with Gasteiger partial charge in [-0.25, -0.2) is 4.98 Å². The molecular weight excluding hydrogens is 324 g/mol. The molecule has 1 unspecified atom stereocenters. The Bertz CT molecular complexity index is 601. The van der Waals surface area contributed by atoms with Crippen molar-refractivity contribution in [2.24, 2.45) is 0 Å². The van der Waals surface area contributed by atoms with Crippen LogP contribution in [0.1, 0.15) is 24.6 Å². The van der Waals surface area contributed by atoms with Crippen LogP contribution in [-0.2, 0) is 0 Å². The predicted octanol–water partition coefficient (Wildman–Crippen LogP) is 4.79. The van der Waals surface area contributed by atoms with Gasteiger partial charge in [0.25, 0.3) is 0 Å². The second-order valence-electron chi connectivity index (χ2n) is 5.33. The van der Waals surface area contributed by atoms with Crippen LogP contribution in [0.4, 0.5) is 0 Å². The predicted molar refractivity (Wildman–Crippen MR) is 91.8 cm³/mol. The van der Waals surface area contributed by atoms with E-state index in [4.69, 9.17) is 23.2 Å². The molecule has 0 radical (unpaired) electrons. The van der Waals surface area contributed by atoms with Crippen molar-refractivity contribution in [1.82, 2.24) is 14.6 Å². The molecule has 21 heavy (non-hydrogen) atoms. The van der Waals surface area contributed by atoms with Gasteiger partial charge < -0.3 is 4.98 Å². The maximum absolute atomic E-state index is 6.06. The largest absolute Gasteiger partial charge is 0.342 e. The van der Waals surface area contributed by atoms with E-state index in [0.717, 1.165) is 25.8 Å². The van der Waals surface area contributed by atoms with Crippen molar-refractivity contribution in [3.05, 3.63) is 40.3 Å². The van der Waals surface area contributed by atoms with Gasteiger partial charge in [-0.2, -0.15) is 0 Å². The molecule has 1 fully saturated rings. The number of nitrogens with zero attached hydrogens (tertiary/aromatic N) is 2. The standard InChI is InChI=1S/C15H18Cl2N3P/c1-21-20-4-2-10(3-5-20)15-18-9-14(19-15)11-6-12(16)8-13(17)7-11/h6-10,21H,2-5H2,1H3,(H,18,19). The molecule has 0 bridgehead atoms. The fourth-order valence-corrected chi connectivity index (χ4v) is 4.01. The summed E-state index contributed by atoms with van der Waals surface area (Å²) < 4.78 is 2.51. The van der Waals surface area contributed by atoms with Crippen molar-refractivity contribution in [3.63, 3.8) is 0 Å². The minimum atomic E-state index is 0.529. The lowest BCUT2D eigenvalue weighted by Gasteiger charge is -2.29. The fourth-order valence-electron chi connectivity index (χ4n) is 2.78. The Kier molecular flexibility index (Phi) is 4.85. The number of H-pyrrole nitrogens is 1. The van der Waals surface area contributed by atoms with Gasteiger partial charge in [0.05, 0.1) is 11.9 Å². The second kappa shape index (κ2) is 6.66. The Morgan fingerprint density at radius 1 is 1.19 bits per heavy atom. The Balaban J connectivity index is 1.77. The Labute approximate surface area is 136 Å². The maximum Gasteiger partial charge on any atom is 0.109 e. The van der Waals surface area contributed by atoms with E-state index >= 15 is 0 Å². The monoisotopic (exact) mass is 341 g/mol. The second-order valence-corrected chi connectivity index (χ2v) is 7.28. The van der Waals surface area contributed by atoms with E-state index in [9.17, 15) is 0 Å². The summed E-state index contributed by atoms with van der Waals surface area (Å²) in [7, 11) is 0.908. The van der Waals surface area contributed by atoms with E-state index in [-0.39, 0.29) is 0 Å². The molecule has 2 heterocycles. The van der Waals surface area contributed by atoms with Gasteiger partial charge in [-0.15, -0.1) is 0 Å². The summed E-state index contributed by atoms with van der Waals surface area (Å²) >= 11 is 12.1. The molecule has 0 amide bonds. The highest BCUT2D eigenvalue weighted by atomic mass is 35.5. The van der Waals surface area contributed by atoms with Crippen molar-refractivity contribution in [2.75, 3.05) is 19.8 Å². The fraction of sp³-hybridized carbons (Fsp3) is 0.400. The first-order valence-corrected chi connectivity index (χ1v) is 9.29. The SMILES string of the molecule is CPN1CCC(c2ncc(-c3cc(Cl)cc(Cl)c3)[nH]2)CC1. The van der Waals surface area contributed by atoms with Crippen LogP contribution in [0, 0.1) is 0 Å². The number of aromatic nitrogens is 2. The van der Waals surface area contributed by atoms with Gasteiger partial charge in [-0.3, -0.25) is 4.67 Å². The first kappa shape index (κ1) is 15.3. The summed E-state index contributed by atoms with van der Waals surface area (Å²) in [5.41, 5.74) is 1.97. The number of hydrogen-bond donors (Lipinski definition) is 1. The van der Waals surface area contributed by atoms with Crippen LogP contribution < -0.4 is 0 Å². The van der Waals surface area contributed by atoms with E-state index in [2.05, 4.69) is 21.3 Å². The molecular formula is C15H18Cl2N3P. The van der Waals surface area contributed by atoms with Crippen LogP contribution in [0.2, 0.25) is 10.0 Å². The maximum atomic E-state index is 6.06. The molecule has 0 spiro atoms. The summed E-state index contributed by atoms with van der Waals surface area (Å²) in [5.74, 6) is 1.61. The van der Waals surface area contributed by atoms with E-state index < -0.39 is 0 Å². The highest BCUT2D eigenvalue weighted by Crippen LogP contribution is 2.32. The van der Waals surface area contributed by atoms with Crippen molar-refractivity contribution >= 4 is 31.9 Å². The zero-order valence-corrected chi connectivity index (χ0v) is 14.4. The summed E-state index contributed by atoms with van der Waals surface area (Å²) in [4.78, 5) is 8.01. The molecule has 1 N–H and O–H groups in total. The summed E-state index contributed by atoms with van der Waals surface area (Å²) in [6, 6.07) is 5.56. The third kappa shape index (κ3) is 3.60. The zero-order chi connectivity index (χ0) is 14.8. The first-order valence-electron chi connectivity index (χ1n) is 7.09. The molecule has 1 aliphatic heterocycles. The topological polar surface area (TPSA) is 31.9 Å². The summed E-state index contributed by atoms with van der Waals surface area (Å²) in [5, 5.41) is 1.29. The van der Waals surface area contributed by atoms with Crippen LogP contribution >= 0.6 is 31.9 Å². The third-order valence-electron chi connectivity index (χ3n) is 3.97. The minimum absolute atomic E-state index is 0.529. The molecule has 0 aliphatic carbocycles. The number of benzene rings is 1. The van der Waals surface area contributed by atoms with Gasteiger partial charge in [-0.1, -0.05) is 31.9 Å². The smallest absolute Gasteiger partial charge is 0.109 e. The van der Waals surface area contributed by atoms with Crippen LogP contribution in [-0.4, -0.2) is 34.4 Å². The number of aromatic amines is 1. The van der Waals surface area contributed by atoms with Crippen molar-refractivity contribution in [3.8, 4) is 11.3 Å². The van der Waals surface area contributed by atoms with Gasteiger partial charge in [0, 0.05) is 34.6 Å². The number of rotatable bonds is 3. The van der Waals surface area contributed by atoms with Crippen LogP contribution in [0.25, 0.3) is 11.3 Å². The van der Waals surface area contributed by atoms with E-state index in [0.29, 0.717) is 16.0 Å². The molecule has 2 aromatic rings. The Morgan fingerprint density at radius 3 is 2.48 bits per heavy atom. The molecule has 3 nitrogen and oxygen atoms in total. The molecule has 1 aromatic carbocycles. The molecule has 0 saturated carbocycles. The van der Waals surface area contributed by atoms with E-state index in [1.165, 1.54) is 25.9 Å². The number of nitrogens with one attached hydrogen (secondary N) is 1. The van der Waals surface area contributed by atoms with Crippen molar-refractivity contribution in [1.29, 1.82) is 0 Å². The zero-order valence-electron chi connectivity index (χ0n) is 11.9. The number of imidazole rings is 1. The lowest BCUT2D eigenvalue weighted by atomic mass is 9.97. The van der Waals surface area contributed by atoms with Gasteiger partial charge in [0.15, 0.2) is 0 Å². The summed E-state index contributed by atoms with van der Waals surface area (Å²) in [6.07, 6.45) is 4.22. The molecule has 1 saturated heterocycles. The minimum Gasteiger partial charge on any atom is -0.342 e.